The first-order chi connectivity index (χ1) is 16.3. The molecule has 0 radical (unpaired) electrons. The van der Waals surface area contributed by atoms with Crippen LogP contribution in [0.2, 0.25) is 5.02 Å². The number of nitrogens with zero attached hydrogens (tertiary/aromatic N) is 1. The fourth-order valence-electron chi connectivity index (χ4n) is 4.54. The highest BCUT2D eigenvalue weighted by molar-refractivity contribution is 6.30. The zero-order valence-electron chi connectivity index (χ0n) is 19.3. The van der Waals surface area contributed by atoms with Crippen LogP contribution in [0.3, 0.4) is 0 Å². The molecule has 1 saturated heterocycles. The lowest BCUT2D eigenvalue weighted by Crippen LogP contribution is -2.47. The average Bonchev–Trinajstić information content (AvgIpc) is 3.15. The van der Waals surface area contributed by atoms with E-state index >= 15 is 0 Å². The van der Waals surface area contributed by atoms with Crippen molar-refractivity contribution in [3.8, 4) is 5.75 Å². The highest BCUT2D eigenvalue weighted by atomic mass is 35.5. The molecule has 8 nitrogen and oxygen atoms in total. The van der Waals surface area contributed by atoms with Gasteiger partial charge in [-0.05, 0) is 56.4 Å². The van der Waals surface area contributed by atoms with E-state index < -0.39 is 6.10 Å². The van der Waals surface area contributed by atoms with Gasteiger partial charge in [0.2, 0.25) is 11.8 Å². The maximum Gasteiger partial charge on any atom is 0.238 e. The van der Waals surface area contributed by atoms with Gasteiger partial charge in [-0.3, -0.25) is 9.59 Å². The second-order valence-corrected chi connectivity index (χ2v) is 9.49. The number of nitrogens with one attached hydrogen (secondary N) is 2. The predicted molar refractivity (Wildman–Crippen MR) is 129 cm³/mol. The number of halogens is 1. The van der Waals surface area contributed by atoms with Crippen LogP contribution in [-0.4, -0.2) is 67.4 Å². The van der Waals surface area contributed by atoms with Crippen LogP contribution in [0, 0.1) is 0 Å². The lowest BCUT2D eigenvalue weighted by atomic mass is 9.84. The SMILES string of the molecule is CN(C)CC(=O)Nc1ccc2c(c1)[C@H]1C[C@@H](CC(=O)NCc3ccc(Cl)cc3)O[C@@H](CO)[C@H]1O2. The minimum atomic E-state index is -0.535. The predicted octanol–water partition coefficient (Wildman–Crippen LogP) is 2.54. The largest absolute Gasteiger partial charge is 0.487 e. The second-order valence-electron chi connectivity index (χ2n) is 9.05. The monoisotopic (exact) mass is 487 g/mol. The van der Waals surface area contributed by atoms with Gasteiger partial charge in [0.05, 0.1) is 25.7 Å². The first-order valence-corrected chi connectivity index (χ1v) is 11.7. The molecule has 0 unspecified atom stereocenters. The number of benzene rings is 2. The summed E-state index contributed by atoms with van der Waals surface area (Å²) >= 11 is 5.91. The van der Waals surface area contributed by atoms with Gasteiger partial charge in [-0.25, -0.2) is 0 Å². The van der Waals surface area contributed by atoms with E-state index in [1.807, 2.05) is 38.4 Å². The maximum atomic E-state index is 12.6. The van der Waals surface area contributed by atoms with Crippen molar-refractivity contribution < 1.29 is 24.2 Å². The molecule has 2 aromatic rings. The Hall–Kier alpha value is -2.65. The molecule has 182 valence electrons. The Morgan fingerprint density at radius 3 is 2.62 bits per heavy atom. The number of hydrogen-bond acceptors (Lipinski definition) is 6. The van der Waals surface area contributed by atoms with E-state index in [4.69, 9.17) is 21.1 Å². The number of carbonyl (C=O) groups excluding carboxylic acids is 2. The Bertz CT molecular complexity index is 1030. The third kappa shape index (κ3) is 5.88. The van der Waals surface area contributed by atoms with Crippen LogP contribution in [0.5, 0.6) is 5.75 Å². The number of fused-ring (bicyclic) bond motifs is 3. The summed E-state index contributed by atoms with van der Waals surface area (Å²) in [5.74, 6) is 0.450. The number of rotatable bonds is 8. The van der Waals surface area contributed by atoms with E-state index in [1.165, 1.54) is 0 Å². The molecular formula is C25H30ClN3O5. The van der Waals surface area contributed by atoms with Crippen LogP contribution >= 0.6 is 11.6 Å². The third-order valence-corrected chi connectivity index (χ3v) is 6.31. The Morgan fingerprint density at radius 1 is 1.15 bits per heavy atom. The van der Waals surface area contributed by atoms with E-state index in [2.05, 4.69) is 10.6 Å². The first kappa shape index (κ1) is 24.5. The van der Waals surface area contributed by atoms with Crippen molar-refractivity contribution in [1.29, 1.82) is 0 Å². The van der Waals surface area contributed by atoms with Gasteiger partial charge in [0.25, 0.3) is 0 Å². The van der Waals surface area contributed by atoms with Crippen LogP contribution < -0.4 is 15.4 Å². The molecule has 34 heavy (non-hydrogen) atoms. The Morgan fingerprint density at radius 2 is 1.91 bits per heavy atom. The molecule has 0 aliphatic carbocycles. The van der Waals surface area contributed by atoms with Crippen molar-refractivity contribution in [3.05, 3.63) is 58.6 Å². The van der Waals surface area contributed by atoms with Gasteiger partial charge in [0, 0.05) is 28.7 Å². The molecule has 2 heterocycles. The van der Waals surface area contributed by atoms with E-state index in [9.17, 15) is 14.7 Å². The molecule has 9 heteroatoms. The summed E-state index contributed by atoms with van der Waals surface area (Å²) in [5, 5.41) is 16.4. The smallest absolute Gasteiger partial charge is 0.238 e. The van der Waals surface area contributed by atoms with Gasteiger partial charge in [-0.1, -0.05) is 23.7 Å². The Balaban J connectivity index is 1.41. The van der Waals surface area contributed by atoms with Crippen molar-refractivity contribution >= 4 is 29.1 Å². The number of ether oxygens (including phenoxy) is 2. The first-order valence-electron chi connectivity index (χ1n) is 11.3. The van der Waals surface area contributed by atoms with Gasteiger partial charge >= 0.3 is 0 Å². The van der Waals surface area contributed by atoms with Gasteiger partial charge < -0.3 is 30.1 Å². The minimum Gasteiger partial charge on any atom is -0.487 e. The average molecular weight is 488 g/mol. The minimum absolute atomic E-state index is 0.0410. The molecule has 2 aromatic carbocycles. The van der Waals surface area contributed by atoms with Gasteiger partial charge in [-0.2, -0.15) is 0 Å². The summed E-state index contributed by atoms with van der Waals surface area (Å²) in [6.07, 6.45) is -0.460. The van der Waals surface area contributed by atoms with E-state index in [-0.39, 0.29) is 49.5 Å². The van der Waals surface area contributed by atoms with Crippen LogP contribution in [0.4, 0.5) is 5.69 Å². The quantitative estimate of drug-likeness (QED) is 0.529. The van der Waals surface area contributed by atoms with Crippen molar-refractivity contribution in [2.24, 2.45) is 0 Å². The van der Waals surface area contributed by atoms with E-state index in [0.717, 1.165) is 16.9 Å². The van der Waals surface area contributed by atoms with Crippen LogP contribution in [0.1, 0.15) is 29.9 Å². The maximum absolute atomic E-state index is 12.6. The van der Waals surface area contributed by atoms with Crippen molar-refractivity contribution in [2.75, 3.05) is 32.6 Å². The molecule has 2 aliphatic rings. The molecule has 3 N–H and O–H groups in total. The number of hydrogen-bond donors (Lipinski definition) is 3. The molecule has 0 spiro atoms. The molecule has 4 atom stereocenters. The van der Waals surface area contributed by atoms with Crippen LogP contribution in [0.25, 0.3) is 0 Å². The molecule has 2 amide bonds. The number of aliphatic hydroxyl groups is 1. The van der Waals surface area contributed by atoms with Gasteiger partial charge in [0.15, 0.2) is 0 Å². The third-order valence-electron chi connectivity index (χ3n) is 6.06. The zero-order valence-corrected chi connectivity index (χ0v) is 20.0. The topological polar surface area (TPSA) is 100 Å². The lowest BCUT2D eigenvalue weighted by Gasteiger charge is -2.37. The molecule has 0 saturated carbocycles. The fourth-order valence-corrected chi connectivity index (χ4v) is 4.66. The van der Waals surface area contributed by atoms with Gasteiger partial charge in [-0.15, -0.1) is 0 Å². The Labute approximate surface area is 204 Å². The van der Waals surface area contributed by atoms with Gasteiger partial charge in [0.1, 0.15) is 18.0 Å². The molecular weight excluding hydrogens is 458 g/mol. The zero-order chi connectivity index (χ0) is 24.2. The lowest BCUT2D eigenvalue weighted by molar-refractivity contribution is -0.142. The molecule has 2 aliphatic heterocycles. The summed E-state index contributed by atoms with van der Waals surface area (Å²) in [6.45, 7) is 0.484. The summed E-state index contributed by atoms with van der Waals surface area (Å²) in [4.78, 5) is 26.6. The van der Waals surface area contributed by atoms with Crippen molar-refractivity contribution in [3.63, 3.8) is 0 Å². The normalized spacial score (nSPS) is 23.1. The van der Waals surface area contributed by atoms with E-state index in [1.54, 1.807) is 23.1 Å². The molecule has 4 rings (SSSR count). The summed E-state index contributed by atoms with van der Waals surface area (Å²) in [5.41, 5.74) is 2.61. The number of aliphatic hydroxyl groups excluding tert-OH is 1. The van der Waals surface area contributed by atoms with Crippen LogP contribution in [-0.2, 0) is 20.9 Å². The highest BCUT2D eigenvalue weighted by Crippen LogP contribution is 2.47. The fraction of sp³-hybridized carbons (Fsp3) is 0.440. The van der Waals surface area contributed by atoms with Crippen molar-refractivity contribution in [1.82, 2.24) is 10.2 Å². The van der Waals surface area contributed by atoms with E-state index in [0.29, 0.717) is 23.7 Å². The number of likely N-dealkylation sites (N-methyl/N-ethyl adjacent to an activating group) is 1. The second kappa shape index (κ2) is 10.7. The summed E-state index contributed by atoms with van der Waals surface area (Å²) in [6, 6.07) is 12.9. The summed E-state index contributed by atoms with van der Waals surface area (Å²) in [7, 11) is 3.67. The summed E-state index contributed by atoms with van der Waals surface area (Å²) < 4.78 is 12.1. The Kier molecular flexibility index (Phi) is 7.73. The standard InChI is InChI=1S/C25H30ClN3O5/c1-29(2)13-24(32)28-17-7-8-21-19(9-17)20-10-18(33-22(14-30)25(20)34-21)11-23(31)27-12-15-3-5-16(26)6-4-15/h3-9,18,20,22,25,30H,10-14H2,1-2H3,(H,27,31)(H,28,32)/t18-,20+,22-,25-/m0/s1. The highest BCUT2D eigenvalue weighted by Gasteiger charge is 2.46. The number of anilines is 1. The number of carbonyl (C=O) groups is 2. The number of amides is 2. The van der Waals surface area contributed by atoms with Crippen LogP contribution in [0.15, 0.2) is 42.5 Å². The molecule has 0 aromatic heterocycles. The molecule has 0 bridgehead atoms. The van der Waals surface area contributed by atoms with Crippen molar-refractivity contribution in [2.45, 2.75) is 43.6 Å². The molecule has 1 fully saturated rings.